The fourth-order valence-electron chi connectivity index (χ4n) is 3.29. The molecule has 3 amide bonds. The van der Waals surface area contributed by atoms with Crippen molar-refractivity contribution in [2.45, 2.75) is 6.54 Å². The zero-order valence-corrected chi connectivity index (χ0v) is 18.7. The molecule has 0 aromatic heterocycles. The van der Waals surface area contributed by atoms with E-state index in [0.29, 0.717) is 47.5 Å². The van der Waals surface area contributed by atoms with Crippen molar-refractivity contribution in [1.82, 2.24) is 9.80 Å². The molecule has 2 aliphatic heterocycles. The Balaban J connectivity index is 1.36. The summed E-state index contributed by atoms with van der Waals surface area (Å²) in [6.07, 6.45) is 1.67. The number of hydrogen-bond donors (Lipinski definition) is 0. The van der Waals surface area contributed by atoms with Gasteiger partial charge in [-0.1, -0.05) is 41.9 Å². The molecule has 0 spiro atoms. The van der Waals surface area contributed by atoms with Crippen LogP contribution in [-0.4, -0.2) is 59.8 Å². The largest absolute Gasteiger partial charge is 0.484 e. The van der Waals surface area contributed by atoms with E-state index in [-0.39, 0.29) is 30.2 Å². The summed E-state index contributed by atoms with van der Waals surface area (Å²) < 4.78 is 10.8. The number of carbonyl (C=O) groups is 3. The SMILES string of the molecule is O=C(COc1ccc(/C=C2/SC(=O)N(Cc3ccccc3Cl)C2=O)cc1)N1CCOCC1. The van der Waals surface area contributed by atoms with Gasteiger partial charge in [0.1, 0.15) is 5.75 Å². The van der Waals surface area contributed by atoms with E-state index in [4.69, 9.17) is 21.1 Å². The zero-order chi connectivity index (χ0) is 22.5. The second-order valence-electron chi connectivity index (χ2n) is 7.21. The maximum absolute atomic E-state index is 12.7. The highest BCUT2D eigenvalue weighted by molar-refractivity contribution is 8.18. The number of nitrogens with zero attached hydrogens (tertiary/aromatic N) is 2. The molecule has 0 radical (unpaired) electrons. The van der Waals surface area contributed by atoms with Crippen LogP contribution in [-0.2, 0) is 20.9 Å². The number of benzene rings is 2. The Labute approximate surface area is 194 Å². The molecule has 9 heteroatoms. The van der Waals surface area contributed by atoms with Crippen molar-refractivity contribution in [1.29, 1.82) is 0 Å². The lowest BCUT2D eigenvalue weighted by molar-refractivity contribution is -0.137. The number of halogens is 1. The van der Waals surface area contributed by atoms with E-state index in [2.05, 4.69) is 0 Å². The van der Waals surface area contributed by atoms with Gasteiger partial charge in [-0.25, -0.2) is 0 Å². The summed E-state index contributed by atoms with van der Waals surface area (Å²) in [6, 6.07) is 14.1. The first-order valence-corrected chi connectivity index (χ1v) is 11.3. The van der Waals surface area contributed by atoms with Gasteiger partial charge in [-0.15, -0.1) is 0 Å². The van der Waals surface area contributed by atoms with Gasteiger partial charge in [0.2, 0.25) is 0 Å². The number of hydrogen-bond acceptors (Lipinski definition) is 6. The van der Waals surface area contributed by atoms with Crippen molar-refractivity contribution in [3.8, 4) is 5.75 Å². The molecule has 2 fully saturated rings. The van der Waals surface area contributed by atoms with Crippen LogP contribution in [0.4, 0.5) is 4.79 Å². The lowest BCUT2D eigenvalue weighted by atomic mass is 10.2. The summed E-state index contributed by atoms with van der Waals surface area (Å²) in [7, 11) is 0. The molecule has 166 valence electrons. The third kappa shape index (κ3) is 5.32. The van der Waals surface area contributed by atoms with Crippen molar-refractivity contribution in [2.75, 3.05) is 32.9 Å². The van der Waals surface area contributed by atoms with Crippen LogP contribution >= 0.6 is 23.4 Å². The maximum atomic E-state index is 12.7. The van der Waals surface area contributed by atoms with E-state index in [1.54, 1.807) is 53.4 Å². The normalized spacial score (nSPS) is 17.8. The molecule has 2 aromatic carbocycles. The number of morpholine rings is 1. The highest BCUT2D eigenvalue weighted by atomic mass is 35.5. The molecular formula is C23H21ClN2O5S. The molecule has 0 unspecified atom stereocenters. The van der Waals surface area contributed by atoms with Crippen LogP contribution in [0.1, 0.15) is 11.1 Å². The molecule has 0 atom stereocenters. The minimum atomic E-state index is -0.351. The Kier molecular flexibility index (Phi) is 7.14. The molecule has 2 saturated heterocycles. The molecule has 0 bridgehead atoms. The summed E-state index contributed by atoms with van der Waals surface area (Å²) in [4.78, 5) is 40.5. The Morgan fingerprint density at radius 2 is 1.81 bits per heavy atom. The Morgan fingerprint density at radius 3 is 2.53 bits per heavy atom. The van der Waals surface area contributed by atoms with E-state index in [1.165, 1.54) is 4.90 Å². The third-order valence-corrected chi connectivity index (χ3v) is 6.34. The van der Waals surface area contributed by atoms with Crippen molar-refractivity contribution in [3.63, 3.8) is 0 Å². The average molecular weight is 473 g/mol. The number of carbonyl (C=O) groups excluding carboxylic acids is 3. The summed E-state index contributed by atoms with van der Waals surface area (Å²) in [5.41, 5.74) is 1.46. The van der Waals surface area contributed by atoms with Crippen LogP contribution in [0.3, 0.4) is 0 Å². The van der Waals surface area contributed by atoms with Crippen LogP contribution in [0.5, 0.6) is 5.75 Å². The van der Waals surface area contributed by atoms with E-state index in [0.717, 1.165) is 17.3 Å². The fourth-order valence-corrected chi connectivity index (χ4v) is 4.33. The quantitative estimate of drug-likeness (QED) is 0.595. The predicted molar refractivity (Wildman–Crippen MR) is 122 cm³/mol. The van der Waals surface area contributed by atoms with E-state index in [9.17, 15) is 14.4 Å². The summed E-state index contributed by atoms with van der Waals surface area (Å²) in [6.45, 7) is 2.33. The first-order valence-electron chi connectivity index (χ1n) is 10.1. The van der Waals surface area contributed by atoms with Gasteiger partial charge in [0.05, 0.1) is 24.7 Å². The molecule has 4 rings (SSSR count). The number of ether oxygens (including phenoxy) is 2. The Morgan fingerprint density at radius 1 is 1.09 bits per heavy atom. The molecule has 2 aromatic rings. The van der Waals surface area contributed by atoms with E-state index < -0.39 is 0 Å². The molecule has 2 aliphatic rings. The van der Waals surface area contributed by atoms with E-state index in [1.807, 2.05) is 6.07 Å². The topological polar surface area (TPSA) is 76.2 Å². The van der Waals surface area contributed by atoms with Crippen LogP contribution in [0, 0.1) is 0 Å². The van der Waals surface area contributed by atoms with Crippen molar-refractivity contribution < 1.29 is 23.9 Å². The zero-order valence-electron chi connectivity index (χ0n) is 17.2. The highest BCUT2D eigenvalue weighted by Crippen LogP contribution is 2.34. The monoisotopic (exact) mass is 472 g/mol. The summed E-state index contributed by atoms with van der Waals surface area (Å²) >= 11 is 7.06. The molecule has 32 heavy (non-hydrogen) atoms. The van der Waals surface area contributed by atoms with Crippen molar-refractivity contribution in [2.24, 2.45) is 0 Å². The Bertz CT molecular complexity index is 1050. The molecule has 2 heterocycles. The third-order valence-electron chi connectivity index (χ3n) is 5.06. The molecular weight excluding hydrogens is 452 g/mol. The van der Waals surface area contributed by atoms with Crippen molar-refractivity contribution >= 4 is 46.5 Å². The van der Waals surface area contributed by atoms with Gasteiger partial charge in [-0.2, -0.15) is 0 Å². The van der Waals surface area contributed by atoms with Gasteiger partial charge in [0, 0.05) is 18.1 Å². The number of imide groups is 1. The van der Waals surface area contributed by atoms with Crippen LogP contribution in [0.25, 0.3) is 6.08 Å². The lowest BCUT2D eigenvalue weighted by Gasteiger charge is -2.26. The maximum Gasteiger partial charge on any atom is 0.293 e. The first kappa shape index (κ1) is 22.4. The number of amides is 3. The lowest BCUT2D eigenvalue weighted by Crippen LogP contribution is -2.42. The molecule has 7 nitrogen and oxygen atoms in total. The minimum absolute atomic E-state index is 0.0414. The first-order chi connectivity index (χ1) is 15.5. The summed E-state index contributed by atoms with van der Waals surface area (Å²) in [5.74, 6) is 0.122. The minimum Gasteiger partial charge on any atom is -0.484 e. The number of rotatable bonds is 6. The average Bonchev–Trinajstić information content (AvgIpc) is 3.07. The second-order valence-corrected chi connectivity index (χ2v) is 8.61. The van der Waals surface area contributed by atoms with Gasteiger partial charge < -0.3 is 14.4 Å². The standard InChI is InChI=1S/C23H21ClN2O5S/c24-19-4-2-1-3-17(19)14-26-22(28)20(32-23(26)29)13-16-5-7-18(8-6-16)31-15-21(27)25-9-11-30-12-10-25/h1-8,13H,9-12,14-15H2/b20-13+. The fraction of sp³-hybridized carbons (Fsp3) is 0.261. The predicted octanol–water partition coefficient (Wildman–Crippen LogP) is 3.81. The number of thioether (sulfide) groups is 1. The highest BCUT2D eigenvalue weighted by Gasteiger charge is 2.35. The van der Waals surface area contributed by atoms with Crippen LogP contribution in [0.2, 0.25) is 5.02 Å². The van der Waals surface area contributed by atoms with Gasteiger partial charge >= 0.3 is 0 Å². The molecule has 0 N–H and O–H groups in total. The van der Waals surface area contributed by atoms with Gasteiger partial charge in [-0.3, -0.25) is 19.3 Å². The van der Waals surface area contributed by atoms with E-state index >= 15 is 0 Å². The van der Waals surface area contributed by atoms with Gasteiger partial charge in [0.25, 0.3) is 17.1 Å². The smallest absolute Gasteiger partial charge is 0.293 e. The molecule has 0 aliphatic carbocycles. The summed E-state index contributed by atoms with van der Waals surface area (Å²) in [5, 5.41) is 0.181. The van der Waals surface area contributed by atoms with Crippen LogP contribution in [0.15, 0.2) is 53.4 Å². The Hall–Kier alpha value is -2.81. The van der Waals surface area contributed by atoms with Gasteiger partial charge in [-0.05, 0) is 47.2 Å². The second kappa shape index (κ2) is 10.2. The molecule has 0 saturated carbocycles. The van der Waals surface area contributed by atoms with Crippen LogP contribution < -0.4 is 4.74 Å². The van der Waals surface area contributed by atoms with Gasteiger partial charge in [0.15, 0.2) is 6.61 Å². The van der Waals surface area contributed by atoms with Crippen molar-refractivity contribution in [3.05, 3.63) is 69.6 Å².